The normalized spacial score (nSPS) is 11.7. The van der Waals surface area contributed by atoms with Gasteiger partial charge in [-0.25, -0.2) is 0 Å². The van der Waals surface area contributed by atoms with Crippen LogP contribution < -0.4 is 25.3 Å². The molecule has 0 saturated carbocycles. The number of methoxy groups -OCH3 is 3. The third kappa shape index (κ3) is 5.15. The minimum absolute atomic E-state index is 0.0649. The summed E-state index contributed by atoms with van der Waals surface area (Å²) in [5.41, 5.74) is 6.27. The molecule has 0 aliphatic carbocycles. The third-order valence-electron chi connectivity index (χ3n) is 3.01. The summed E-state index contributed by atoms with van der Waals surface area (Å²) in [6, 6.07) is 3.51. The summed E-state index contributed by atoms with van der Waals surface area (Å²) in [5.74, 6) is 1.44. The molecule has 0 aliphatic rings. The molecule has 6 nitrogen and oxygen atoms in total. The highest BCUT2D eigenvalue weighted by Gasteiger charge is 2.14. The Morgan fingerprint density at radius 2 is 1.76 bits per heavy atom. The predicted octanol–water partition coefficient (Wildman–Crippen LogP) is 2.17. The first-order valence-electron chi connectivity index (χ1n) is 6.87. The Kier molecular flexibility index (Phi) is 6.81. The number of carbonyl (C=O) groups excluding carboxylic acids is 1. The Labute approximate surface area is 125 Å². The number of ether oxygens (including phenoxy) is 3. The third-order valence-corrected chi connectivity index (χ3v) is 3.01. The average molecular weight is 296 g/mol. The molecule has 0 heterocycles. The zero-order chi connectivity index (χ0) is 15.8. The van der Waals surface area contributed by atoms with Crippen molar-refractivity contribution in [2.45, 2.75) is 32.2 Å². The topological polar surface area (TPSA) is 82.8 Å². The highest BCUT2D eigenvalue weighted by molar-refractivity contribution is 5.91. The fraction of sp³-hybridized carbons (Fsp3) is 0.533. The number of hydrogen-bond donors (Lipinski definition) is 2. The molecule has 1 amide bonds. The van der Waals surface area contributed by atoms with Gasteiger partial charge < -0.3 is 25.3 Å². The Bertz CT molecular complexity index is 450. The maximum absolute atomic E-state index is 11.9. The van der Waals surface area contributed by atoms with Gasteiger partial charge in [0.15, 0.2) is 11.5 Å². The van der Waals surface area contributed by atoms with Crippen molar-refractivity contribution in [3.63, 3.8) is 0 Å². The molecule has 0 fully saturated rings. The second-order valence-electron chi connectivity index (χ2n) is 4.83. The van der Waals surface area contributed by atoms with Gasteiger partial charge in [-0.3, -0.25) is 4.79 Å². The molecule has 1 unspecified atom stereocenters. The molecule has 0 saturated heterocycles. The fourth-order valence-corrected chi connectivity index (χ4v) is 1.96. The van der Waals surface area contributed by atoms with Crippen molar-refractivity contribution < 1.29 is 19.0 Å². The van der Waals surface area contributed by atoms with Crippen LogP contribution in [-0.2, 0) is 4.79 Å². The van der Waals surface area contributed by atoms with Gasteiger partial charge in [-0.2, -0.15) is 0 Å². The SMILES string of the molecule is COc1cc(NC(=O)CCCC(C)N)cc(OC)c1OC. The van der Waals surface area contributed by atoms with E-state index >= 15 is 0 Å². The van der Waals surface area contributed by atoms with Gasteiger partial charge >= 0.3 is 0 Å². The second kappa shape index (κ2) is 8.36. The van der Waals surface area contributed by atoms with Gasteiger partial charge in [0.05, 0.1) is 21.3 Å². The Morgan fingerprint density at radius 3 is 2.19 bits per heavy atom. The Balaban J connectivity index is 2.77. The lowest BCUT2D eigenvalue weighted by Crippen LogP contribution is -2.16. The highest BCUT2D eigenvalue weighted by Crippen LogP contribution is 2.39. The summed E-state index contributed by atoms with van der Waals surface area (Å²) in [7, 11) is 4.60. The van der Waals surface area contributed by atoms with Crippen molar-refractivity contribution in [1.82, 2.24) is 0 Å². The zero-order valence-corrected chi connectivity index (χ0v) is 13.1. The molecular weight excluding hydrogens is 272 g/mol. The van der Waals surface area contributed by atoms with Crippen LogP contribution in [0, 0.1) is 0 Å². The van der Waals surface area contributed by atoms with Crippen LogP contribution in [0.25, 0.3) is 0 Å². The van der Waals surface area contributed by atoms with Gasteiger partial charge in [-0.05, 0) is 19.8 Å². The van der Waals surface area contributed by atoms with Crippen LogP contribution in [0.4, 0.5) is 5.69 Å². The molecule has 6 heteroatoms. The van der Waals surface area contributed by atoms with E-state index in [9.17, 15) is 4.79 Å². The molecule has 1 rings (SSSR count). The van der Waals surface area contributed by atoms with Gasteiger partial charge in [-0.15, -0.1) is 0 Å². The summed E-state index contributed by atoms with van der Waals surface area (Å²) in [4.78, 5) is 11.9. The van der Waals surface area contributed by atoms with Crippen LogP contribution in [0.1, 0.15) is 26.2 Å². The van der Waals surface area contributed by atoms with Crippen molar-refractivity contribution in [3.8, 4) is 17.2 Å². The summed E-state index contributed by atoms with van der Waals surface area (Å²) in [6.45, 7) is 1.93. The van der Waals surface area contributed by atoms with E-state index in [1.165, 1.54) is 21.3 Å². The summed E-state index contributed by atoms with van der Waals surface area (Å²) in [5, 5.41) is 2.82. The van der Waals surface area contributed by atoms with E-state index in [0.29, 0.717) is 29.4 Å². The second-order valence-corrected chi connectivity index (χ2v) is 4.83. The molecule has 1 aromatic rings. The number of nitrogens with two attached hydrogens (primary N) is 1. The average Bonchev–Trinajstić information content (AvgIpc) is 2.45. The van der Waals surface area contributed by atoms with Crippen molar-refractivity contribution in [2.24, 2.45) is 5.73 Å². The molecule has 21 heavy (non-hydrogen) atoms. The van der Waals surface area contributed by atoms with E-state index < -0.39 is 0 Å². The number of anilines is 1. The van der Waals surface area contributed by atoms with E-state index in [1.807, 2.05) is 6.92 Å². The van der Waals surface area contributed by atoms with Gasteiger partial charge in [0.25, 0.3) is 0 Å². The van der Waals surface area contributed by atoms with Gasteiger partial charge in [0.1, 0.15) is 0 Å². The van der Waals surface area contributed by atoms with Crippen LogP contribution in [0.2, 0.25) is 0 Å². The molecule has 0 spiro atoms. The number of amides is 1. The van der Waals surface area contributed by atoms with Gasteiger partial charge in [0.2, 0.25) is 11.7 Å². The first-order chi connectivity index (χ1) is 10.0. The quantitative estimate of drug-likeness (QED) is 0.768. The largest absolute Gasteiger partial charge is 0.493 e. The highest BCUT2D eigenvalue weighted by atomic mass is 16.5. The smallest absolute Gasteiger partial charge is 0.224 e. The van der Waals surface area contributed by atoms with Crippen molar-refractivity contribution in [3.05, 3.63) is 12.1 Å². The van der Waals surface area contributed by atoms with E-state index in [4.69, 9.17) is 19.9 Å². The lowest BCUT2D eigenvalue weighted by Gasteiger charge is -2.14. The van der Waals surface area contributed by atoms with Crippen molar-refractivity contribution in [1.29, 1.82) is 0 Å². The minimum atomic E-state index is -0.0649. The number of rotatable bonds is 8. The molecule has 0 aromatic heterocycles. The lowest BCUT2D eigenvalue weighted by molar-refractivity contribution is -0.116. The molecule has 0 aliphatic heterocycles. The van der Waals surface area contributed by atoms with Crippen LogP contribution in [0.5, 0.6) is 17.2 Å². The maximum Gasteiger partial charge on any atom is 0.224 e. The van der Waals surface area contributed by atoms with Gasteiger partial charge in [0, 0.05) is 30.3 Å². The molecule has 1 atom stereocenters. The number of carbonyl (C=O) groups is 1. The van der Waals surface area contributed by atoms with E-state index in [0.717, 1.165) is 12.8 Å². The Hall–Kier alpha value is -1.95. The fourth-order valence-electron chi connectivity index (χ4n) is 1.96. The summed E-state index contributed by atoms with van der Waals surface area (Å²) in [6.07, 6.45) is 2.01. The maximum atomic E-state index is 11.9. The molecule has 0 radical (unpaired) electrons. The van der Waals surface area contributed by atoms with Crippen LogP contribution in [0.3, 0.4) is 0 Å². The number of nitrogens with one attached hydrogen (secondary N) is 1. The monoisotopic (exact) mass is 296 g/mol. The summed E-state index contributed by atoms with van der Waals surface area (Å²) < 4.78 is 15.7. The standard InChI is InChI=1S/C15H24N2O4/c1-10(16)6-5-7-14(18)17-11-8-12(19-2)15(21-4)13(9-11)20-3/h8-10H,5-7,16H2,1-4H3,(H,17,18). The van der Waals surface area contributed by atoms with Crippen LogP contribution >= 0.6 is 0 Å². The first kappa shape index (κ1) is 17.1. The predicted molar refractivity (Wildman–Crippen MR) is 82.2 cm³/mol. The molecule has 0 bridgehead atoms. The van der Waals surface area contributed by atoms with E-state index in [-0.39, 0.29) is 11.9 Å². The first-order valence-corrected chi connectivity index (χ1v) is 6.87. The minimum Gasteiger partial charge on any atom is -0.493 e. The summed E-state index contributed by atoms with van der Waals surface area (Å²) >= 11 is 0. The van der Waals surface area contributed by atoms with Crippen LogP contribution in [0.15, 0.2) is 12.1 Å². The molecule has 118 valence electrons. The zero-order valence-electron chi connectivity index (χ0n) is 13.1. The van der Waals surface area contributed by atoms with Crippen molar-refractivity contribution in [2.75, 3.05) is 26.6 Å². The van der Waals surface area contributed by atoms with Gasteiger partial charge in [-0.1, -0.05) is 0 Å². The van der Waals surface area contributed by atoms with E-state index in [1.54, 1.807) is 12.1 Å². The van der Waals surface area contributed by atoms with E-state index in [2.05, 4.69) is 5.32 Å². The molecule has 3 N–H and O–H groups in total. The number of hydrogen-bond acceptors (Lipinski definition) is 5. The molecule has 1 aromatic carbocycles. The van der Waals surface area contributed by atoms with Crippen molar-refractivity contribution >= 4 is 11.6 Å². The molecular formula is C15H24N2O4. The number of benzene rings is 1. The lowest BCUT2D eigenvalue weighted by atomic mass is 10.1. The van der Waals surface area contributed by atoms with Crippen LogP contribution in [-0.4, -0.2) is 33.3 Å². The Morgan fingerprint density at radius 1 is 1.19 bits per heavy atom.